The second-order valence-corrected chi connectivity index (χ2v) is 17.0. The Hall–Kier alpha value is -3.92. The molecule has 0 amide bonds. The smallest absolute Gasteiger partial charge is 0.309 e. The number of aliphatic carboxylic acids is 1. The molecule has 0 saturated heterocycles. The first-order chi connectivity index (χ1) is 26.5. The molecule has 9 nitrogen and oxygen atoms in total. The van der Waals surface area contributed by atoms with Crippen LogP contribution in [-0.4, -0.2) is 54.3 Å². The number of carbonyl (C=O) groups is 1. The monoisotopic (exact) mass is 752 g/mol. The third-order valence-corrected chi connectivity index (χ3v) is 13.0. The van der Waals surface area contributed by atoms with E-state index in [2.05, 4.69) is 30.1 Å². The average molecular weight is 753 g/mol. The molecule has 10 atom stereocenters. The highest BCUT2D eigenvalue weighted by atomic mass is 16.4. The normalized spacial score (nSPS) is 28.5. The standard InChI is InChI=1S/C46H62N3O6/c1-2-3-5-8-30-11-14-34(42(51)24-30)9-6-4-7-10-40(45(53)54)44(52)35-15-18-41-36(22-32-19-20-48-43(47)25-32)26-37(46(41,55)28-35)27-38-23-33(29-49-38)21-31-12-16-39(50)17-13-31/h11-20,23,25,29-30,34-37,40-42,44,50-52,55H,2-10,21-22,24,26-28H2,1H3,(H2,47,48)(H,53,54)/q-1/t30-,34-,35-,36+,37+,40+,41+,42-,44-,46+/m1/s1. The molecule has 0 aliphatic heterocycles. The summed E-state index contributed by atoms with van der Waals surface area (Å²) >= 11 is 0. The van der Waals surface area contributed by atoms with Gasteiger partial charge in [-0.15, -0.1) is 0 Å². The molecule has 7 N–H and O–H groups in total. The zero-order valence-corrected chi connectivity index (χ0v) is 32.4. The number of aliphatic hydroxyl groups is 3. The van der Waals surface area contributed by atoms with E-state index in [-0.39, 0.29) is 41.9 Å². The van der Waals surface area contributed by atoms with Crippen LogP contribution >= 0.6 is 0 Å². The Balaban J connectivity index is 1.09. The lowest BCUT2D eigenvalue weighted by atomic mass is 9.68. The van der Waals surface area contributed by atoms with Gasteiger partial charge in [-0.3, -0.25) is 4.79 Å². The summed E-state index contributed by atoms with van der Waals surface area (Å²) in [5, 5.41) is 55.1. The number of nitrogen functional groups attached to an aromatic ring is 1. The summed E-state index contributed by atoms with van der Waals surface area (Å²) in [6, 6.07) is 13.1. The van der Waals surface area contributed by atoms with E-state index in [9.17, 15) is 30.3 Å². The number of aromatic nitrogens is 2. The SMILES string of the molecule is CCCCC[C@@H]1C=C[C@@H](CCCCC[C@H](C(=O)O)[C@H](O)[C@@H]2C=C[C@H]3[C@@H](Cc4ccnc(N)c4)C[C@@H](Cc4cc(Cc5ccc(O)cc5)c[n-]4)[C@@]3(O)C2)[C@H](O)C1. The summed E-state index contributed by atoms with van der Waals surface area (Å²) in [6.45, 7) is 2.21. The number of carboxylic acids is 1. The van der Waals surface area contributed by atoms with Crippen molar-refractivity contribution in [2.75, 3.05) is 5.73 Å². The molecule has 1 aromatic carbocycles. The zero-order chi connectivity index (χ0) is 39.0. The van der Waals surface area contributed by atoms with Crippen molar-refractivity contribution in [3.8, 4) is 5.75 Å². The molecule has 0 unspecified atom stereocenters. The number of allylic oxidation sites excluding steroid dienone is 1. The average Bonchev–Trinajstić information content (AvgIpc) is 3.71. The molecule has 3 aromatic rings. The number of aromatic hydroxyl groups is 1. The minimum absolute atomic E-state index is 0.123. The largest absolute Gasteiger partial charge is 0.667 e. The fraction of sp³-hybridized carbons (Fsp3) is 0.565. The van der Waals surface area contributed by atoms with Crippen molar-refractivity contribution < 1.29 is 30.3 Å². The van der Waals surface area contributed by atoms with E-state index in [0.29, 0.717) is 37.4 Å². The van der Waals surface area contributed by atoms with E-state index in [0.717, 1.165) is 67.3 Å². The number of phenols is 1. The molecule has 3 aliphatic carbocycles. The van der Waals surface area contributed by atoms with Gasteiger partial charge in [-0.1, -0.05) is 93.5 Å². The first-order valence-corrected chi connectivity index (χ1v) is 20.8. The van der Waals surface area contributed by atoms with Gasteiger partial charge in [-0.2, -0.15) is 11.9 Å². The van der Waals surface area contributed by atoms with Gasteiger partial charge in [0.2, 0.25) is 0 Å². The molecule has 55 heavy (non-hydrogen) atoms. The molecule has 1 fully saturated rings. The third kappa shape index (κ3) is 10.5. The number of phenolic OH excluding ortho intramolecular Hbond substituents is 1. The summed E-state index contributed by atoms with van der Waals surface area (Å²) in [6.07, 6.45) is 22.9. The Kier molecular flexibility index (Phi) is 13.9. The number of carboxylic acid groups (broad SMARTS) is 1. The summed E-state index contributed by atoms with van der Waals surface area (Å²) in [5.74, 6) is -1.32. The minimum atomic E-state index is -1.15. The van der Waals surface area contributed by atoms with Crippen molar-refractivity contribution >= 4 is 11.8 Å². The highest BCUT2D eigenvalue weighted by Crippen LogP contribution is 2.54. The Morgan fingerprint density at radius 2 is 1.75 bits per heavy atom. The number of fused-ring (bicyclic) bond motifs is 1. The van der Waals surface area contributed by atoms with Crippen LogP contribution in [0.2, 0.25) is 0 Å². The van der Waals surface area contributed by atoms with Crippen molar-refractivity contribution in [2.24, 2.45) is 41.4 Å². The maximum atomic E-state index is 12.7. The highest BCUT2D eigenvalue weighted by molar-refractivity contribution is 5.70. The van der Waals surface area contributed by atoms with Crippen molar-refractivity contribution in [3.63, 3.8) is 0 Å². The van der Waals surface area contributed by atoms with E-state index in [4.69, 9.17) is 10.7 Å². The van der Waals surface area contributed by atoms with Crippen molar-refractivity contribution in [2.45, 2.75) is 121 Å². The van der Waals surface area contributed by atoms with Crippen molar-refractivity contribution in [1.29, 1.82) is 0 Å². The summed E-state index contributed by atoms with van der Waals surface area (Å²) in [7, 11) is 0. The number of aliphatic hydroxyl groups excluding tert-OH is 2. The van der Waals surface area contributed by atoms with Gasteiger partial charge in [0.15, 0.2) is 0 Å². The Labute approximate surface area is 326 Å². The van der Waals surface area contributed by atoms with E-state index >= 15 is 0 Å². The molecule has 298 valence electrons. The molecule has 1 saturated carbocycles. The van der Waals surface area contributed by atoms with Gasteiger partial charge in [-0.25, -0.2) is 4.98 Å². The molecule has 3 aliphatic rings. The van der Waals surface area contributed by atoms with E-state index < -0.39 is 29.5 Å². The highest BCUT2D eigenvalue weighted by Gasteiger charge is 2.55. The van der Waals surface area contributed by atoms with E-state index in [1.54, 1.807) is 18.3 Å². The maximum Gasteiger partial charge on any atom is 0.309 e. The van der Waals surface area contributed by atoms with Crippen LogP contribution < -0.4 is 10.7 Å². The zero-order valence-electron chi connectivity index (χ0n) is 32.4. The molecule has 0 spiro atoms. The summed E-state index contributed by atoms with van der Waals surface area (Å²) in [4.78, 5) is 21.5. The molecule has 0 bridgehead atoms. The van der Waals surface area contributed by atoms with Gasteiger partial charge in [0.25, 0.3) is 0 Å². The molecule has 9 heteroatoms. The van der Waals surface area contributed by atoms with E-state index in [1.165, 1.54) is 19.3 Å². The molecule has 6 rings (SSSR count). The van der Waals surface area contributed by atoms with Crippen LogP contribution in [0.5, 0.6) is 5.75 Å². The van der Waals surface area contributed by atoms with Gasteiger partial charge in [-0.05, 0) is 111 Å². The van der Waals surface area contributed by atoms with Crippen LogP contribution in [0.15, 0.2) is 79.2 Å². The number of benzene rings is 1. The number of hydrogen-bond acceptors (Lipinski definition) is 7. The fourth-order valence-corrected chi connectivity index (χ4v) is 9.94. The second kappa shape index (κ2) is 18.8. The van der Waals surface area contributed by atoms with Gasteiger partial charge in [0.05, 0.1) is 23.7 Å². The number of rotatable bonds is 19. The first kappa shape index (κ1) is 40.7. The lowest BCUT2D eigenvalue weighted by molar-refractivity contribution is -0.148. The van der Waals surface area contributed by atoms with Crippen LogP contribution in [0.25, 0.3) is 0 Å². The number of hydrogen-bond donors (Lipinski definition) is 6. The van der Waals surface area contributed by atoms with Crippen LogP contribution in [0, 0.1) is 41.4 Å². The lowest BCUT2D eigenvalue weighted by Gasteiger charge is -2.43. The molecule has 0 radical (unpaired) electrons. The number of unbranched alkanes of at least 4 members (excludes halogenated alkanes) is 4. The van der Waals surface area contributed by atoms with E-state index in [1.807, 2.05) is 42.6 Å². The quantitative estimate of drug-likeness (QED) is 0.0539. The topological polar surface area (TPSA) is 171 Å². The Bertz CT molecular complexity index is 1740. The van der Waals surface area contributed by atoms with Gasteiger partial charge in [0.1, 0.15) is 11.6 Å². The predicted molar refractivity (Wildman–Crippen MR) is 215 cm³/mol. The number of nitrogens with zero attached hydrogens (tertiary/aromatic N) is 2. The van der Waals surface area contributed by atoms with Crippen molar-refractivity contribution in [1.82, 2.24) is 9.97 Å². The molecule has 2 aromatic heterocycles. The van der Waals surface area contributed by atoms with Gasteiger partial charge < -0.3 is 36.3 Å². The van der Waals surface area contributed by atoms with Gasteiger partial charge >= 0.3 is 5.97 Å². The maximum absolute atomic E-state index is 12.7. The Morgan fingerprint density at radius 1 is 0.945 bits per heavy atom. The summed E-state index contributed by atoms with van der Waals surface area (Å²) in [5.41, 5.74) is 8.96. The molecular formula is C46H62N3O6-. The van der Waals surface area contributed by atoms with Crippen molar-refractivity contribution in [3.05, 3.63) is 102 Å². The predicted octanol–water partition coefficient (Wildman–Crippen LogP) is 7.41. The fourth-order valence-electron chi connectivity index (χ4n) is 9.94. The van der Waals surface area contributed by atoms with Crippen LogP contribution in [0.4, 0.5) is 5.82 Å². The Morgan fingerprint density at radius 3 is 2.49 bits per heavy atom. The second-order valence-electron chi connectivity index (χ2n) is 17.0. The molecule has 2 heterocycles. The molecular weight excluding hydrogens is 691 g/mol. The lowest BCUT2D eigenvalue weighted by Crippen LogP contribution is -2.48. The van der Waals surface area contributed by atoms with Crippen LogP contribution in [0.1, 0.15) is 106 Å². The first-order valence-electron chi connectivity index (χ1n) is 20.8. The number of pyridine rings is 1. The van der Waals surface area contributed by atoms with Crippen LogP contribution in [0.3, 0.4) is 0 Å². The van der Waals surface area contributed by atoms with Gasteiger partial charge in [0, 0.05) is 24.0 Å². The summed E-state index contributed by atoms with van der Waals surface area (Å²) < 4.78 is 0. The minimum Gasteiger partial charge on any atom is -0.667 e. The third-order valence-electron chi connectivity index (χ3n) is 13.0. The van der Waals surface area contributed by atoms with Crippen LogP contribution in [-0.2, 0) is 24.1 Å². The number of anilines is 1. The number of nitrogens with two attached hydrogens (primary N) is 1.